The van der Waals surface area contributed by atoms with E-state index in [1.54, 1.807) is 44.2 Å². The zero-order chi connectivity index (χ0) is 19.4. The summed E-state index contributed by atoms with van der Waals surface area (Å²) in [4.78, 5) is 18.2. The Bertz CT molecular complexity index is 789. The van der Waals surface area contributed by atoms with E-state index in [1.165, 1.54) is 0 Å². The Hall–Kier alpha value is -2.84. The van der Waals surface area contributed by atoms with E-state index in [0.29, 0.717) is 48.8 Å². The number of ether oxygens (including phenoxy) is 2. The van der Waals surface area contributed by atoms with Crippen LogP contribution in [0.3, 0.4) is 0 Å². The van der Waals surface area contributed by atoms with Gasteiger partial charge in [-0.2, -0.15) is 4.98 Å². The summed E-state index contributed by atoms with van der Waals surface area (Å²) in [7, 11) is 3.11. The van der Waals surface area contributed by atoms with Crippen molar-refractivity contribution in [3.05, 3.63) is 24.1 Å². The molecule has 2 heterocycles. The highest BCUT2D eigenvalue weighted by Crippen LogP contribution is 2.31. The summed E-state index contributed by atoms with van der Waals surface area (Å²) >= 11 is 0. The van der Waals surface area contributed by atoms with Crippen molar-refractivity contribution in [3.63, 3.8) is 0 Å². The third-order valence-corrected chi connectivity index (χ3v) is 4.51. The molecule has 0 unspecified atom stereocenters. The fraction of sp³-hybridized carbons (Fsp3) is 0.500. The lowest BCUT2D eigenvalue weighted by atomic mass is 10.1. The van der Waals surface area contributed by atoms with Crippen LogP contribution in [0, 0.1) is 0 Å². The first-order valence-corrected chi connectivity index (χ1v) is 8.77. The largest absolute Gasteiger partial charge is 0.493 e. The number of aromatic nitrogens is 2. The van der Waals surface area contributed by atoms with Gasteiger partial charge in [-0.3, -0.25) is 0 Å². The van der Waals surface area contributed by atoms with Gasteiger partial charge >= 0.3 is 6.03 Å². The Morgan fingerprint density at radius 1 is 1.30 bits per heavy atom. The number of nitrogens with zero attached hydrogens (tertiary/aromatic N) is 3. The molecule has 146 valence electrons. The minimum Gasteiger partial charge on any atom is -0.493 e. The molecule has 1 aliphatic rings. The molecular weight excluding hydrogens is 355 g/mol. The number of halogens is 1. The van der Waals surface area contributed by atoms with Gasteiger partial charge in [-0.1, -0.05) is 5.16 Å². The molecule has 0 saturated carbocycles. The second-order valence-electron chi connectivity index (χ2n) is 6.36. The summed E-state index contributed by atoms with van der Waals surface area (Å²) in [5, 5.41) is 6.78. The number of nitrogens with one attached hydrogen (secondary N) is 1. The number of amides is 2. The van der Waals surface area contributed by atoms with Gasteiger partial charge in [0, 0.05) is 18.7 Å². The highest BCUT2D eigenvalue weighted by molar-refractivity contribution is 5.74. The topological polar surface area (TPSA) is 89.7 Å². The maximum Gasteiger partial charge on any atom is 0.318 e. The van der Waals surface area contributed by atoms with Crippen LogP contribution in [-0.4, -0.2) is 54.6 Å². The average molecular weight is 378 g/mol. The summed E-state index contributed by atoms with van der Waals surface area (Å²) in [6.45, 7) is 2.56. The first-order valence-electron chi connectivity index (χ1n) is 8.77. The maximum atomic E-state index is 13.2. The van der Waals surface area contributed by atoms with Crippen LogP contribution in [0.5, 0.6) is 11.5 Å². The number of hydrogen-bond acceptors (Lipinski definition) is 6. The molecule has 0 aliphatic carbocycles. The van der Waals surface area contributed by atoms with Gasteiger partial charge in [0.15, 0.2) is 11.5 Å². The molecule has 8 nitrogen and oxygen atoms in total. The zero-order valence-corrected chi connectivity index (χ0v) is 15.6. The number of alkyl halides is 1. The fourth-order valence-electron chi connectivity index (χ4n) is 2.89. The predicted molar refractivity (Wildman–Crippen MR) is 95.5 cm³/mol. The first-order chi connectivity index (χ1) is 13.0. The molecule has 1 aromatic heterocycles. The van der Waals surface area contributed by atoms with Crippen LogP contribution in [0.15, 0.2) is 22.7 Å². The minimum absolute atomic E-state index is 0.264. The Morgan fingerprint density at radius 2 is 2.00 bits per heavy atom. The molecule has 1 saturated heterocycles. The van der Waals surface area contributed by atoms with Crippen LogP contribution in [0.1, 0.15) is 31.7 Å². The van der Waals surface area contributed by atoms with Crippen LogP contribution >= 0.6 is 0 Å². The minimum atomic E-state index is -0.827. The number of carbonyl (C=O) groups excluding carboxylic acids is 1. The summed E-state index contributed by atoms with van der Waals surface area (Å²) in [6, 6.07) is 4.56. The van der Waals surface area contributed by atoms with Gasteiger partial charge in [0.1, 0.15) is 12.2 Å². The third kappa shape index (κ3) is 4.29. The third-order valence-electron chi connectivity index (χ3n) is 4.51. The second kappa shape index (κ2) is 8.24. The second-order valence-corrected chi connectivity index (χ2v) is 6.36. The van der Waals surface area contributed by atoms with E-state index in [-0.39, 0.29) is 11.9 Å². The van der Waals surface area contributed by atoms with Crippen molar-refractivity contribution in [2.24, 2.45) is 0 Å². The highest BCUT2D eigenvalue weighted by atomic mass is 19.1. The van der Waals surface area contributed by atoms with E-state index < -0.39 is 12.2 Å². The molecule has 27 heavy (non-hydrogen) atoms. The van der Waals surface area contributed by atoms with Crippen molar-refractivity contribution in [2.45, 2.75) is 32.0 Å². The molecule has 0 spiro atoms. The van der Waals surface area contributed by atoms with E-state index in [1.807, 2.05) is 0 Å². The standard InChI is InChI=1S/C18H23FN4O4/c1-11(20-18(24)23-8-6-13(19)7-9-23)17-21-16(22-27-17)12-4-5-14(25-2)15(10-12)26-3/h4-5,10-11,13H,6-9H2,1-3H3,(H,20,24)/t11-/m1/s1. The van der Waals surface area contributed by atoms with Gasteiger partial charge in [-0.05, 0) is 38.0 Å². The lowest BCUT2D eigenvalue weighted by Crippen LogP contribution is -2.45. The predicted octanol–water partition coefficient (Wildman–Crippen LogP) is 2.96. The quantitative estimate of drug-likeness (QED) is 0.860. The Morgan fingerprint density at radius 3 is 2.67 bits per heavy atom. The van der Waals surface area contributed by atoms with Crippen molar-refractivity contribution in [1.29, 1.82) is 0 Å². The Kier molecular flexibility index (Phi) is 5.78. The number of hydrogen-bond donors (Lipinski definition) is 1. The van der Waals surface area contributed by atoms with E-state index in [2.05, 4.69) is 15.5 Å². The molecule has 1 aliphatic heterocycles. The molecule has 1 fully saturated rings. The Labute approximate surface area is 156 Å². The molecule has 2 amide bonds. The summed E-state index contributed by atoms with van der Waals surface area (Å²) < 4.78 is 29.0. The van der Waals surface area contributed by atoms with Gasteiger partial charge < -0.3 is 24.2 Å². The summed E-state index contributed by atoms with van der Waals surface area (Å²) in [5.74, 6) is 1.82. The van der Waals surface area contributed by atoms with Gasteiger partial charge in [-0.25, -0.2) is 9.18 Å². The molecule has 1 atom stereocenters. The first kappa shape index (κ1) is 18.9. The number of rotatable bonds is 5. The van der Waals surface area contributed by atoms with Crippen LogP contribution in [0.4, 0.5) is 9.18 Å². The molecular formula is C18H23FN4O4. The molecule has 0 bridgehead atoms. The molecule has 9 heteroatoms. The molecule has 1 aromatic carbocycles. The SMILES string of the molecule is COc1ccc(-c2noc([C@@H](C)NC(=O)N3CCC(F)CC3)n2)cc1OC. The molecule has 3 rings (SSSR count). The van der Waals surface area contributed by atoms with E-state index in [9.17, 15) is 9.18 Å². The number of likely N-dealkylation sites (tertiary alicyclic amines) is 1. The number of urea groups is 1. The van der Waals surface area contributed by atoms with Crippen molar-refractivity contribution in [1.82, 2.24) is 20.4 Å². The van der Waals surface area contributed by atoms with Crippen LogP contribution < -0.4 is 14.8 Å². The summed E-state index contributed by atoms with van der Waals surface area (Å²) in [6.07, 6.45) is -0.0936. The monoisotopic (exact) mass is 378 g/mol. The molecule has 2 aromatic rings. The number of carbonyl (C=O) groups is 1. The lowest BCUT2D eigenvalue weighted by Gasteiger charge is -2.29. The fourth-order valence-corrected chi connectivity index (χ4v) is 2.89. The Balaban J connectivity index is 1.67. The average Bonchev–Trinajstić information content (AvgIpc) is 3.18. The zero-order valence-electron chi connectivity index (χ0n) is 15.6. The normalized spacial score (nSPS) is 16.1. The van der Waals surface area contributed by atoms with E-state index in [4.69, 9.17) is 14.0 Å². The van der Waals surface area contributed by atoms with E-state index >= 15 is 0 Å². The molecule has 0 radical (unpaired) electrons. The number of piperidine rings is 1. The maximum absolute atomic E-state index is 13.2. The van der Waals surface area contributed by atoms with Gasteiger partial charge in [0.05, 0.1) is 14.2 Å². The lowest BCUT2D eigenvalue weighted by molar-refractivity contribution is 0.149. The van der Waals surface area contributed by atoms with Gasteiger partial charge in [0.2, 0.25) is 11.7 Å². The van der Waals surface area contributed by atoms with Crippen molar-refractivity contribution < 1.29 is 23.2 Å². The smallest absolute Gasteiger partial charge is 0.318 e. The van der Waals surface area contributed by atoms with Gasteiger partial charge in [-0.15, -0.1) is 0 Å². The number of benzene rings is 1. The highest BCUT2D eigenvalue weighted by Gasteiger charge is 2.25. The van der Waals surface area contributed by atoms with Crippen molar-refractivity contribution in [2.75, 3.05) is 27.3 Å². The van der Waals surface area contributed by atoms with Gasteiger partial charge in [0.25, 0.3) is 0 Å². The van der Waals surface area contributed by atoms with E-state index in [0.717, 1.165) is 0 Å². The van der Waals surface area contributed by atoms with Crippen LogP contribution in [0.2, 0.25) is 0 Å². The van der Waals surface area contributed by atoms with Crippen molar-refractivity contribution in [3.8, 4) is 22.9 Å². The number of methoxy groups -OCH3 is 2. The van der Waals surface area contributed by atoms with Crippen LogP contribution in [0.25, 0.3) is 11.4 Å². The van der Waals surface area contributed by atoms with Crippen molar-refractivity contribution >= 4 is 6.03 Å². The summed E-state index contributed by atoms with van der Waals surface area (Å²) in [5.41, 5.74) is 0.700. The molecule has 1 N–H and O–H groups in total. The van der Waals surface area contributed by atoms with Crippen LogP contribution in [-0.2, 0) is 0 Å².